The Morgan fingerprint density at radius 1 is 1.26 bits per heavy atom. The van der Waals surface area contributed by atoms with E-state index in [1.807, 2.05) is 35.0 Å². The van der Waals surface area contributed by atoms with E-state index in [0.29, 0.717) is 13.2 Å². The lowest BCUT2D eigenvalue weighted by atomic mass is 10.2. The molecule has 0 fully saturated rings. The zero-order chi connectivity index (χ0) is 13.5. The Bertz CT molecular complexity index is 495. The molecular formula is C14H20N4O. The highest BCUT2D eigenvalue weighted by atomic mass is 16.5. The molecule has 0 saturated heterocycles. The molecular weight excluding hydrogens is 240 g/mol. The summed E-state index contributed by atoms with van der Waals surface area (Å²) < 4.78 is 7.58. The predicted octanol–water partition coefficient (Wildman–Crippen LogP) is 1.77. The predicted molar refractivity (Wildman–Crippen MR) is 73.8 cm³/mol. The van der Waals surface area contributed by atoms with Crippen LogP contribution in [0.2, 0.25) is 0 Å². The molecule has 5 heteroatoms. The van der Waals surface area contributed by atoms with Crippen LogP contribution >= 0.6 is 0 Å². The number of aromatic nitrogens is 3. The van der Waals surface area contributed by atoms with Crippen molar-refractivity contribution in [3.05, 3.63) is 41.7 Å². The van der Waals surface area contributed by atoms with E-state index in [9.17, 15) is 0 Å². The second-order valence-electron chi connectivity index (χ2n) is 4.28. The number of aryl methyl sites for hydroxylation is 1. The van der Waals surface area contributed by atoms with Crippen molar-refractivity contribution < 1.29 is 4.74 Å². The second-order valence-corrected chi connectivity index (χ2v) is 4.28. The maximum absolute atomic E-state index is 5.65. The van der Waals surface area contributed by atoms with Gasteiger partial charge < -0.3 is 10.5 Å². The third-order valence-electron chi connectivity index (χ3n) is 2.97. The molecule has 0 aliphatic heterocycles. The molecule has 5 nitrogen and oxygen atoms in total. The fourth-order valence-corrected chi connectivity index (χ4v) is 2.01. The van der Waals surface area contributed by atoms with Crippen molar-refractivity contribution in [3.63, 3.8) is 0 Å². The summed E-state index contributed by atoms with van der Waals surface area (Å²) >= 11 is 0. The minimum absolute atomic E-state index is 0.448. The summed E-state index contributed by atoms with van der Waals surface area (Å²) in [6, 6.07) is 9.83. The summed E-state index contributed by atoms with van der Waals surface area (Å²) in [6.07, 6.45) is 1.80. The summed E-state index contributed by atoms with van der Waals surface area (Å²) in [5, 5.41) is 8.22. The van der Waals surface area contributed by atoms with Gasteiger partial charge in [-0.3, -0.25) is 0 Å². The van der Waals surface area contributed by atoms with Crippen LogP contribution in [0.5, 0.6) is 5.75 Å². The van der Waals surface area contributed by atoms with Gasteiger partial charge in [0.05, 0.1) is 18.0 Å². The van der Waals surface area contributed by atoms with Crippen molar-refractivity contribution in [2.45, 2.75) is 32.9 Å². The van der Waals surface area contributed by atoms with Crippen molar-refractivity contribution in [1.82, 2.24) is 15.0 Å². The number of ether oxygens (including phenoxy) is 1. The molecule has 2 aromatic rings. The van der Waals surface area contributed by atoms with E-state index in [2.05, 4.69) is 17.2 Å². The highest BCUT2D eigenvalue weighted by Gasteiger charge is 2.08. The average Bonchev–Trinajstić information content (AvgIpc) is 2.86. The summed E-state index contributed by atoms with van der Waals surface area (Å²) in [5.41, 5.74) is 7.65. The molecule has 19 heavy (non-hydrogen) atoms. The van der Waals surface area contributed by atoms with E-state index in [1.54, 1.807) is 0 Å². The lowest BCUT2D eigenvalue weighted by molar-refractivity contribution is 0.297. The molecule has 0 aliphatic rings. The lowest BCUT2D eigenvalue weighted by Crippen LogP contribution is -2.10. The smallest absolute Gasteiger partial charge is 0.119 e. The Kier molecular flexibility index (Phi) is 4.92. The van der Waals surface area contributed by atoms with Gasteiger partial charge in [0.2, 0.25) is 0 Å². The zero-order valence-electron chi connectivity index (χ0n) is 11.2. The maximum atomic E-state index is 5.65. The molecule has 0 amide bonds. The molecule has 0 radical (unpaired) electrons. The number of para-hydroxylation sites is 1. The molecule has 2 rings (SSSR count). The van der Waals surface area contributed by atoms with Gasteiger partial charge in [0, 0.05) is 19.5 Å². The fourth-order valence-electron chi connectivity index (χ4n) is 2.01. The monoisotopic (exact) mass is 260 g/mol. The highest BCUT2D eigenvalue weighted by Crippen LogP contribution is 2.10. The first kappa shape index (κ1) is 13.5. The molecule has 1 aromatic carbocycles. The van der Waals surface area contributed by atoms with Gasteiger partial charge in [0.1, 0.15) is 5.75 Å². The van der Waals surface area contributed by atoms with E-state index in [0.717, 1.165) is 36.5 Å². The third-order valence-corrected chi connectivity index (χ3v) is 2.97. The van der Waals surface area contributed by atoms with Crippen LogP contribution in [0.15, 0.2) is 30.3 Å². The van der Waals surface area contributed by atoms with E-state index in [4.69, 9.17) is 10.5 Å². The quantitative estimate of drug-likeness (QED) is 0.770. The first-order chi connectivity index (χ1) is 9.35. The molecule has 102 valence electrons. The average molecular weight is 260 g/mol. The van der Waals surface area contributed by atoms with Gasteiger partial charge in [-0.2, -0.15) is 0 Å². The van der Waals surface area contributed by atoms with E-state index < -0.39 is 0 Å². The summed E-state index contributed by atoms with van der Waals surface area (Å²) in [4.78, 5) is 0. The molecule has 0 aliphatic carbocycles. The molecule has 0 bridgehead atoms. The van der Waals surface area contributed by atoms with Crippen LogP contribution in [0.4, 0.5) is 0 Å². The van der Waals surface area contributed by atoms with Gasteiger partial charge in [-0.1, -0.05) is 30.3 Å². The molecule has 2 N–H and O–H groups in total. The SMILES string of the molecule is CCc1c(CN)nnn1CCCOc1ccccc1. The van der Waals surface area contributed by atoms with Crippen LogP contribution in [-0.4, -0.2) is 21.6 Å². The molecule has 0 saturated carbocycles. The Morgan fingerprint density at radius 3 is 2.74 bits per heavy atom. The minimum atomic E-state index is 0.448. The summed E-state index contributed by atoms with van der Waals surface area (Å²) in [7, 11) is 0. The van der Waals surface area contributed by atoms with Crippen LogP contribution in [0.25, 0.3) is 0 Å². The molecule has 1 heterocycles. The van der Waals surface area contributed by atoms with Crippen LogP contribution in [0.1, 0.15) is 24.7 Å². The minimum Gasteiger partial charge on any atom is -0.494 e. The molecule has 0 spiro atoms. The van der Waals surface area contributed by atoms with Crippen molar-refractivity contribution in [1.29, 1.82) is 0 Å². The van der Waals surface area contributed by atoms with Gasteiger partial charge in [-0.15, -0.1) is 5.10 Å². The lowest BCUT2D eigenvalue weighted by Gasteiger charge is -2.07. The van der Waals surface area contributed by atoms with Gasteiger partial charge in [-0.05, 0) is 18.6 Å². The zero-order valence-corrected chi connectivity index (χ0v) is 11.2. The molecule has 0 atom stereocenters. The summed E-state index contributed by atoms with van der Waals surface area (Å²) in [6.45, 7) is 4.02. The Balaban J connectivity index is 1.81. The number of nitrogens with two attached hydrogens (primary N) is 1. The van der Waals surface area contributed by atoms with Gasteiger partial charge in [0.15, 0.2) is 0 Å². The number of rotatable bonds is 7. The van der Waals surface area contributed by atoms with Gasteiger partial charge in [0.25, 0.3) is 0 Å². The van der Waals surface area contributed by atoms with Crippen molar-refractivity contribution >= 4 is 0 Å². The third kappa shape index (κ3) is 3.54. The first-order valence-electron chi connectivity index (χ1n) is 6.64. The van der Waals surface area contributed by atoms with Crippen molar-refractivity contribution in [2.75, 3.05) is 6.61 Å². The number of benzene rings is 1. The largest absolute Gasteiger partial charge is 0.494 e. The maximum Gasteiger partial charge on any atom is 0.119 e. The van der Waals surface area contributed by atoms with Gasteiger partial charge in [-0.25, -0.2) is 4.68 Å². The Labute approximate surface area is 113 Å². The standard InChI is InChI=1S/C14H20N4O/c1-2-14-13(11-15)16-17-18(14)9-6-10-19-12-7-4-3-5-8-12/h3-5,7-8H,2,6,9-11,15H2,1H3. The van der Waals surface area contributed by atoms with Crippen molar-refractivity contribution in [2.24, 2.45) is 5.73 Å². The Morgan fingerprint density at radius 2 is 2.05 bits per heavy atom. The van der Waals surface area contributed by atoms with Crippen LogP contribution in [0.3, 0.4) is 0 Å². The summed E-state index contributed by atoms with van der Waals surface area (Å²) in [5.74, 6) is 0.902. The molecule has 0 unspecified atom stereocenters. The number of hydrogen-bond donors (Lipinski definition) is 1. The van der Waals surface area contributed by atoms with Gasteiger partial charge >= 0.3 is 0 Å². The van der Waals surface area contributed by atoms with E-state index >= 15 is 0 Å². The second kappa shape index (κ2) is 6.89. The Hall–Kier alpha value is -1.88. The number of nitrogens with zero attached hydrogens (tertiary/aromatic N) is 3. The van der Waals surface area contributed by atoms with Crippen LogP contribution in [-0.2, 0) is 19.5 Å². The highest BCUT2D eigenvalue weighted by molar-refractivity contribution is 5.20. The number of hydrogen-bond acceptors (Lipinski definition) is 4. The van der Waals surface area contributed by atoms with Crippen molar-refractivity contribution in [3.8, 4) is 5.75 Å². The van der Waals surface area contributed by atoms with E-state index in [-0.39, 0.29) is 0 Å². The first-order valence-corrected chi connectivity index (χ1v) is 6.64. The fraction of sp³-hybridized carbons (Fsp3) is 0.429. The molecule has 1 aromatic heterocycles. The van der Waals surface area contributed by atoms with Crippen LogP contribution < -0.4 is 10.5 Å². The topological polar surface area (TPSA) is 66.0 Å². The normalized spacial score (nSPS) is 10.6. The van der Waals surface area contributed by atoms with Crippen LogP contribution in [0, 0.1) is 0 Å². The van der Waals surface area contributed by atoms with E-state index in [1.165, 1.54) is 0 Å².